The number of hydrogen-bond donors (Lipinski definition) is 3. The average Bonchev–Trinajstić information content (AvgIpc) is 3.96. The van der Waals surface area contributed by atoms with Crippen LogP contribution < -0.4 is 25.3 Å². The molecule has 0 saturated heterocycles. The van der Waals surface area contributed by atoms with E-state index >= 15 is 0 Å². The van der Waals surface area contributed by atoms with Gasteiger partial charge in [0.05, 0.1) is 28.3 Å². The van der Waals surface area contributed by atoms with Crippen LogP contribution in [0.4, 0.5) is 8.78 Å². The third kappa shape index (κ3) is 4.85. The van der Waals surface area contributed by atoms with Crippen LogP contribution in [-0.4, -0.2) is 51.1 Å². The van der Waals surface area contributed by atoms with E-state index in [0.717, 1.165) is 18.2 Å². The zero-order chi connectivity index (χ0) is 33.0. The van der Waals surface area contributed by atoms with Gasteiger partial charge < -0.3 is 30.4 Å². The summed E-state index contributed by atoms with van der Waals surface area (Å²) in [6.45, 7) is 1.23. The van der Waals surface area contributed by atoms with Gasteiger partial charge in [0.15, 0.2) is 11.5 Å². The zero-order valence-electron chi connectivity index (χ0n) is 24.8. The summed E-state index contributed by atoms with van der Waals surface area (Å²) in [4.78, 5) is 30.9. The van der Waals surface area contributed by atoms with Crippen molar-refractivity contribution in [1.82, 2.24) is 20.1 Å². The van der Waals surface area contributed by atoms with Gasteiger partial charge in [-0.05, 0) is 68.9 Å². The molecule has 2 saturated carbocycles. The molecule has 0 spiro atoms. The van der Waals surface area contributed by atoms with Gasteiger partial charge in [-0.3, -0.25) is 14.3 Å². The molecule has 8 rings (SSSR count). The number of halogens is 4. The average molecular weight is 686 g/mol. The smallest absolute Gasteiger partial charge is 0.489 e. The van der Waals surface area contributed by atoms with Gasteiger partial charge in [-0.1, -0.05) is 23.2 Å². The van der Waals surface area contributed by atoms with E-state index in [1.165, 1.54) is 18.2 Å². The Balaban J connectivity index is 1.18. The molecule has 2 aliphatic carbocycles. The lowest BCUT2D eigenvalue weighted by molar-refractivity contribution is -0.286. The number of pyridine rings is 1. The fourth-order valence-electron chi connectivity index (χ4n) is 6.25. The Bertz CT molecular complexity index is 2030. The largest absolute Gasteiger partial charge is 0.586 e. The summed E-state index contributed by atoms with van der Waals surface area (Å²) in [7, 11) is 0. The minimum Gasteiger partial charge on any atom is -0.489 e. The molecule has 2 aromatic carbocycles. The van der Waals surface area contributed by atoms with E-state index in [4.69, 9.17) is 38.7 Å². The zero-order valence-corrected chi connectivity index (χ0v) is 26.3. The lowest BCUT2D eigenvalue weighted by Gasteiger charge is -2.30. The molecule has 2 fully saturated rings. The second-order valence-electron chi connectivity index (χ2n) is 12.8. The molecule has 15 heteroatoms. The van der Waals surface area contributed by atoms with E-state index in [0.29, 0.717) is 35.0 Å². The number of aromatic nitrogens is 3. The van der Waals surface area contributed by atoms with Crippen LogP contribution in [0, 0.1) is 5.92 Å². The molecule has 244 valence electrons. The molecule has 47 heavy (non-hydrogen) atoms. The first-order valence-corrected chi connectivity index (χ1v) is 15.8. The van der Waals surface area contributed by atoms with Gasteiger partial charge in [0, 0.05) is 28.3 Å². The SMILES string of the molecule is C[C@]1(C(N)=O)COc2c1cc([C@@](O)(CNC(=O)c1cc(Cl)c3nn(C4CC4)cc3c1)C1CC1)nc2-c1ccc2c(c1Cl)OC(F)(F)O2. The molecular weight excluding hydrogens is 659 g/mol. The molecule has 2 amide bonds. The van der Waals surface area contributed by atoms with Crippen molar-refractivity contribution in [2.45, 2.75) is 56.0 Å². The van der Waals surface area contributed by atoms with Crippen molar-refractivity contribution in [2.24, 2.45) is 11.7 Å². The number of ether oxygens (including phenoxy) is 3. The van der Waals surface area contributed by atoms with E-state index in [9.17, 15) is 23.5 Å². The van der Waals surface area contributed by atoms with Crippen molar-refractivity contribution >= 4 is 45.9 Å². The van der Waals surface area contributed by atoms with E-state index in [-0.39, 0.29) is 58.1 Å². The van der Waals surface area contributed by atoms with Gasteiger partial charge >= 0.3 is 6.29 Å². The van der Waals surface area contributed by atoms with Crippen molar-refractivity contribution in [1.29, 1.82) is 0 Å². The number of nitrogens with zero attached hydrogens (tertiary/aromatic N) is 3. The summed E-state index contributed by atoms with van der Waals surface area (Å²) in [5, 5.41) is 20.5. The molecule has 4 aliphatic rings. The third-order valence-electron chi connectivity index (χ3n) is 9.36. The highest BCUT2D eigenvalue weighted by atomic mass is 35.5. The minimum atomic E-state index is -3.92. The molecule has 2 atom stereocenters. The molecular formula is C32H27Cl2F2N5O6. The highest BCUT2D eigenvalue weighted by Gasteiger charge is 2.51. The van der Waals surface area contributed by atoms with Crippen molar-refractivity contribution in [3.8, 4) is 28.5 Å². The lowest BCUT2D eigenvalue weighted by atomic mass is 9.81. The van der Waals surface area contributed by atoms with Gasteiger partial charge in [-0.25, -0.2) is 4.98 Å². The van der Waals surface area contributed by atoms with Crippen LogP contribution in [-0.2, 0) is 15.8 Å². The number of amides is 2. The summed E-state index contributed by atoms with van der Waals surface area (Å²) < 4.78 is 44.8. The molecule has 0 unspecified atom stereocenters. The Labute approximate surface area is 275 Å². The van der Waals surface area contributed by atoms with Crippen LogP contribution in [0.25, 0.3) is 22.2 Å². The number of nitrogens with one attached hydrogen (secondary N) is 1. The van der Waals surface area contributed by atoms with Crippen molar-refractivity contribution in [3.63, 3.8) is 0 Å². The maximum atomic E-state index is 13.9. The van der Waals surface area contributed by atoms with Gasteiger partial charge in [-0.15, -0.1) is 8.78 Å². The number of primary amides is 1. The van der Waals surface area contributed by atoms with Crippen LogP contribution >= 0.6 is 23.2 Å². The van der Waals surface area contributed by atoms with Crippen LogP contribution in [0.3, 0.4) is 0 Å². The molecule has 2 aromatic heterocycles. The Hall–Kier alpha value is -4.20. The van der Waals surface area contributed by atoms with Crippen LogP contribution in [0.1, 0.15) is 60.3 Å². The monoisotopic (exact) mass is 685 g/mol. The van der Waals surface area contributed by atoms with Gasteiger partial charge in [0.2, 0.25) is 5.91 Å². The molecule has 4 aromatic rings. The van der Waals surface area contributed by atoms with Gasteiger partial charge in [0.25, 0.3) is 5.91 Å². The highest BCUT2D eigenvalue weighted by Crippen LogP contribution is 2.54. The molecule has 0 bridgehead atoms. The molecule has 0 radical (unpaired) electrons. The second-order valence-corrected chi connectivity index (χ2v) is 13.5. The van der Waals surface area contributed by atoms with Crippen molar-refractivity contribution < 1.29 is 37.7 Å². The normalized spacial score (nSPS) is 22.1. The quantitative estimate of drug-likeness (QED) is 0.228. The molecule has 2 aliphatic heterocycles. The molecule has 4 heterocycles. The standard InChI is InChI=1S/C32H27Cl2F2N5O6/c1-30(29(37)43)13-45-26-19(30)10-22(39-25(26)18-6-7-21-27(23(18)34)47-32(35,36)46-21)31(44,16-2-3-16)12-38-28(42)14-8-15-11-41(17-4-5-17)40-24(15)20(33)9-14/h6-11,16-17,44H,2-5,12-13H2,1H3,(H2,37,43)(H,38,42)/t30-,31+/m0/s1. The number of hydrogen-bond acceptors (Lipinski definition) is 8. The van der Waals surface area contributed by atoms with Crippen LogP contribution in [0.5, 0.6) is 17.2 Å². The number of alkyl halides is 2. The third-order valence-corrected chi connectivity index (χ3v) is 10.0. The number of carbonyl (C=O) groups excluding carboxylic acids is 2. The second kappa shape index (κ2) is 10.1. The van der Waals surface area contributed by atoms with Gasteiger partial charge in [0.1, 0.15) is 34.6 Å². The first-order chi connectivity index (χ1) is 22.3. The predicted molar refractivity (Wildman–Crippen MR) is 165 cm³/mol. The fraction of sp³-hybridized carbons (Fsp3) is 0.375. The topological polar surface area (TPSA) is 151 Å². The Morgan fingerprint density at radius 3 is 2.62 bits per heavy atom. The minimum absolute atomic E-state index is 0.0735. The summed E-state index contributed by atoms with van der Waals surface area (Å²) >= 11 is 13.1. The summed E-state index contributed by atoms with van der Waals surface area (Å²) in [6, 6.07) is 7.78. The number of benzene rings is 2. The maximum absolute atomic E-state index is 13.9. The number of fused-ring (bicyclic) bond motifs is 3. The Morgan fingerprint density at radius 2 is 1.91 bits per heavy atom. The first-order valence-electron chi connectivity index (χ1n) is 15.0. The molecule has 11 nitrogen and oxygen atoms in total. The molecule has 4 N–H and O–H groups in total. The van der Waals surface area contributed by atoms with Gasteiger partial charge in [-0.2, -0.15) is 5.10 Å². The highest BCUT2D eigenvalue weighted by molar-refractivity contribution is 6.35. The Morgan fingerprint density at radius 1 is 1.15 bits per heavy atom. The lowest BCUT2D eigenvalue weighted by Crippen LogP contribution is -2.44. The van der Waals surface area contributed by atoms with Crippen LogP contribution in [0.2, 0.25) is 10.0 Å². The Kier molecular flexibility index (Phi) is 6.51. The summed E-state index contributed by atoms with van der Waals surface area (Å²) in [5.74, 6) is -1.96. The number of rotatable bonds is 8. The maximum Gasteiger partial charge on any atom is 0.586 e. The number of aliphatic hydroxyl groups is 1. The van der Waals surface area contributed by atoms with Crippen molar-refractivity contribution in [3.05, 3.63) is 63.4 Å². The summed E-state index contributed by atoms with van der Waals surface area (Å²) in [5.41, 5.74) is 4.34. The number of carbonyl (C=O) groups is 2. The van der Waals surface area contributed by atoms with E-state index < -0.39 is 34.9 Å². The number of nitrogens with two attached hydrogens (primary N) is 1. The fourth-order valence-corrected chi connectivity index (χ4v) is 6.80. The first kappa shape index (κ1) is 30.2. The van der Waals surface area contributed by atoms with Crippen LogP contribution in [0.15, 0.2) is 36.5 Å². The summed E-state index contributed by atoms with van der Waals surface area (Å²) in [6.07, 6.45) is 1.31. The van der Waals surface area contributed by atoms with E-state index in [1.54, 1.807) is 19.1 Å². The van der Waals surface area contributed by atoms with E-state index in [2.05, 4.69) is 19.9 Å². The predicted octanol–water partition coefficient (Wildman–Crippen LogP) is 5.22. The van der Waals surface area contributed by atoms with Crippen molar-refractivity contribution in [2.75, 3.05) is 13.2 Å². The van der Waals surface area contributed by atoms with E-state index in [1.807, 2.05) is 10.9 Å².